The number of imidazole rings is 1. The molecule has 0 aromatic carbocycles. The molecule has 6 heteroatoms. The molecule has 2 aromatic rings. The molecule has 0 unspecified atom stereocenters. The van der Waals surface area contributed by atoms with E-state index in [-0.39, 0.29) is 11.9 Å². The van der Waals surface area contributed by atoms with Crippen LogP contribution in [0.3, 0.4) is 0 Å². The van der Waals surface area contributed by atoms with E-state index in [0.717, 1.165) is 25.1 Å². The van der Waals surface area contributed by atoms with Gasteiger partial charge in [-0.3, -0.25) is 9.69 Å². The average molecular weight is 316 g/mol. The SMILES string of the molecule is Cc1cc(C(=O)NC[C@@H]2CCCN(C)[C@H]2c2cncn2C)co1. The number of aromatic nitrogens is 2. The van der Waals surface area contributed by atoms with Crippen LogP contribution in [0.15, 0.2) is 29.3 Å². The summed E-state index contributed by atoms with van der Waals surface area (Å²) in [6, 6.07) is 2.05. The number of amides is 1. The summed E-state index contributed by atoms with van der Waals surface area (Å²) in [6.45, 7) is 3.57. The Morgan fingerprint density at radius 2 is 2.30 bits per heavy atom. The Kier molecular flexibility index (Phi) is 4.52. The number of hydrogen-bond acceptors (Lipinski definition) is 4. The highest BCUT2D eigenvalue weighted by Gasteiger charge is 2.32. The summed E-state index contributed by atoms with van der Waals surface area (Å²) in [6.07, 6.45) is 7.53. The largest absolute Gasteiger partial charge is 0.469 e. The highest BCUT2D eigenvalue weighted by molar-refractivity contribution is 5.93. The highest BCUT2D eigenvalue weighted by Crippen LogP contribution is 2.34. The minimum Gasteiger partial charge on any atom is -0.469 e. The van der Waals surface area contributed by atoms with E-state index in [0.29, 0.717) is 18.0 Å². The minimum absolute atomic E-state index is 0.0705. The third-order valence-electron chi connectivity index (χ3n) is 4.68. The number of nitrogens with one attached hydrogen (secondary N) is 1. The van der Waals surface area contributed by atoms with Gasteiger partial charge < -0.3 is 14.3 Å². The van der Waals surface area contributed by atoms with Gasteiger partial charge in [-0.1, -0.05) is 0 Å². The van der Waals surface area contributed by atoms with Crippen molar-refractivity contribution in [3.8, 4) is 0 Å². The van der Waals surface area contributed by atoms with Gasteiger partial charge in [0.2, 0.25) is 0 Å². The fourth-order valence-corrected chi connectivity index (χ4v) is 3.48. The normalized spacial score (nSPS) is 22.2. The maximum absolute atomic E-state index is 12.2. The number of furan rings is 1. The van der Waals surface area contributed by atoms with Crippen molar-refractivity contribution in [3.63, 3.8) is 0 Å². The van der Waals surface area contributed by atoms with Crippen molar-refractivity contribution < 1.29 is 9.21 Å². The summed E-state index contributed by atoms with van der Waals surface area (Å²) >= 11 is 0. The lowest BCUT2D eigenvalue weighted by atomic mass is 9.87. The zero-order valence-electron chi connectivity index (χ0n) is 14.0. The number of piperidine rings is 1. The standard InChI is InChI=1S/C17H24N4O2/c1-12-7-14(10-23-12)17(22)19-8-13-5-4-6-20(2)16(13)15-9-18-11-21(15)3/h7,9-11,13,16H,4-6,8H2,1-3H3,(H,19,22)/t13-,16+/m0/s1. The molecule has 1 aliphatic rings. The van der Waals surface area contributed by atoms with Crippen LogP contribution in [0.1, 0.15) is 40.7 Å². The lowest BCUT2D eigenvalue weighted by Crippen LogP contribution is -2.42. The molecule has 0 spiro atoms. The lowest BCUT2D eigenvalue weighted by Gasteiger charge is -2.39. The molecular formula is C17H24N4O2. The van der Waals surface area contributed by atoms with Crippen LogP contribution < -0.4 is 5.32 Å². The van der Waals surface area contributed by atoms with Crippen molar-refractivity contribution in [2.75, 3.05) is 20.1 Å². The molecule has 1 amide bonds. The van der Waals surface area contributed by atoms with Gasteiger partial charge in [-0.05, 0) is 45.3 Å². The first-order chi connectivity index (χ1) is 11.1. The molecule has 124 valence electrons. The van der Waals surface area contributed by atoms with Gasteiger partial charge in [0.25, 0.3) is 5.91 Å². The number of carbonyl (C=O) groups is 1. The summed E-state index contributed by atoms with van der Waals surface area (Å²) in [5.74, 6) is 1.06. The van der Waals surface area contributed by atoms with Gasteiger partial charge in [-0.15, -0.1) is 0 Å². The van der Waals surface area contributed by atoms with Crippen molar-refractivity contribution in [1.29, 1.82) is 0 Å². The smallest absolute Gasteiger partial charge is 0.254 e. The van der Waals surface area contributed by atoms with E-state index >= 15 is 0 Å². The van der Waals surface area contributed by atoms with Gasteiger partial charge in [-0.25, -0.2) is 4.98 Å². The predicted octanol–water partition coefficient (Wildman–Crippen LogP) is 2.13. The Bertz CT molecular complexity index is 676. The molecule has 0 bridgehead atoms. The fraction of sp³-hybridized carbons (Fsp3) is 0.529. The lowest BCUT2D eigenvalue weighted by molar-refractivity contribution is 0.0881. The summed E-state index contributed by atoms with van der Waals surface area (Å²) in [7, 11) is 4.17. The quantitative estimate of drug-likeness (QED) is 0.938. The molecule has 2 atom stereocenters. The Hall–Kier alpha value is -2.08. The molecule has 1 fully saturated rings. The van der Waals surface area contributed by atoms with Crippen molar-refractivity contribution in [2.45, 2.75) is 25.8 Å². The molecule has 3 heterocycles. The monoisotopic (exact) mass is 316 g/mol. The summed E-state index contributed by atoms with van der Waals surface area (Å²) < 4.78 is 7.28. The van der Waals surface area contributed by atoms with Crippen LogP contribution in [-0.4, -0.2) is 40.5 Å². The van der Waals surface area contributed by atoms with Crippen LogP contribution in [0.25, 0.3) is 0 Å². The van der Waals surface area contributed by atoms with Crippen molar-refractivity contribution in [2.24, 2.45) is 13.0 Å². The third-order valence-corrected chi connectivity index (χ3v) is 4.68. The molecule has 3 rings (SSSR count). The Morgan fingerprint density at radius 3 is 2.96 bits per heavy atom. The van der Waals surface area contributed by atoms with Crippen molar-refractivity contribution >= 4 is 5.91 Å². The number of nitrogens with zero attached hydrogens (tertiary/aromatic N) is 3. The van der Waals surface area contributed by atoms with Crippen LogP contribution in [0.4, 0.5) is 0 Å². The number of aryl methyl sites for hydroxylation is 2. The first-order valence-corrected chi connectivity index (χ1v) is 8.06. The van der Waals surface area contributed by atoms with E-state index in [1.165, 1.54) is 12.0 Å². The summed E-state index contributed by atoms with van der Waals surface area (Å²) in [5, 5.41) is 3.06. The second-order valence-corrected chi connectivity index (χ2v) is 6.41. The van der Waals surface area contributed by atoms with Gasteiger partial charge >= 0.3 is 0 Å². The van der Waals surface area contributed by atoms with Gasteiger partial charge in [0.05, 0.1) is 23.6 Å². The fourth-order valence-electron chi connectivity index (χ4n) is 3.48. The first-order valence-electron chi connectivity index (χ1n) is 8.06. The zero-order valence-corrected chi connectivity index (χ0v) is 14.0. The Balaban J connectivity index is 1.69. The summed E-state index contributed by atoms with van der Waals surface area (Å²) in [5.41, 5.74) is 1.79. The molecule has 23 heavy (non-hydrogen) atoms. The average Bonchev–Trinajstić information content (AvgIpc) is 3.13. The van der Waals surface area contributed by atoms with E-state index in [1.54, 1.807) is 6.07 Å². The van der Waals surface area contributed by atoms with Gasteiger partial charge in [0.1, 0.15) is 12.0 Å². The number of carbonyl (C=O) groups excluding carboxylic acids is 1. The molecule has 1 aliphatic heterocycles. The maximum Gasteiger partial charge on any atom is 0.254 e. The second kappa shape index (κ2) is 6.58. The number of hydrogen-bond donors (Lipinski definition) is 1. The molecular weight excluding hydrogens is 292 g/mol. The number of likely N-dealkylation sites (tertiary alicyclic amines) is 1. The van der Waals surface area contributed by atoms with E-state index in [4.69, 9.17) is 4.42 Å². The Labute approximate surface area is 136 Å². The molecule has 1 saturated heterocycles. The first kappa shape index (κ1) is 15.8. The Morgan fingerprint density at radius 1 is 1.48 bits per heavy atom. The topological polar surface area (TPSA) is 63.3 Å². The number of rotatable bonds is 4. The van der Waals surface area contributed by atoms with Crippen molar-refractivity contribution in [1.82, 2.24) is 19.8 Å². The molecule has 6 nitrogen and oxygen atoms in total. The highest BCUT2D eigenvalue weighted by atomic mass is 16.3. The predicted molar refractivity (Wildman–Crippen MR) is 87.1 cm³/mol. The third kappa shape index (κ3) is 3.32. The van der Waals surface area contributed by atoms with Crippen LogP contribution in [0.5, 0.6) is 0 Å². The van der Waals surface area contributed by atoms with Crippen LogP contribution in [0, 0.1) is 12.8 Å². The van der Waals surface area contributed by atoms with E-state index < -0.39 is 0 Å². The van der Waals surface area contributed by atoms with E-state index in [1.807, 2.05) is 26.5 Å². The molecule has 1 N–H and O–H groups in total. The minimum atomic E-state index is -0.0705. The van der Waals surface area contributed by atoms with Crippen LogP contribution >= 0.6 is 0 Å². The van der Waals surface area contributed by atoms with Crippen LogP contribution in [0.2, 0.25) is 0 Å². The van der Waals surface area contributed by atoms with Crippen LogP contribution in [-0.2, 0) is 7.05 Å². The molecule has 0 radical (unpaired) electrons. The molecule has 2 aromatic heterocycles. The van der Waals surface area contributed by atoms with Crippen molar-refractivity contribution in [3.05, 3.63) is 41.9 Å². The maximum atomic E-state index is 12.2. The zero-order chi connectivity index (χ0) is 16.4. The van der Waals surface area contributed by atoms with E-state index in [9.17, 15) is 4.79 Å². The van der Waals surface area contributed by atoms with Gasteiger partial charge in [-0.2, -0.15) is 0 Å². The van der Waals surface area contributed by atoms with E-state index in [2.05, 4.69) is 26.8 Å². The molecule has 0 saturated carbocycles. The van der Waals surface area contributed by atoms with Gasteiger partial charge in [0.15, 0.2) is 0 Å². The second-order valence-electron chi connectivity index (χ2n) is 6.41. The van der Waals surface area contributed by atoms with Gasteiger partial charge in [0, 0.05) is 19.8 Å². The summed E-state index contributed by atoms with van der Waals surface area (Å²) in [4.78, 5) is 18.8. The molecule has 0 aliphatic carbocycles.